The second kappa shape index (κ2) is 7.33. The number of aromatic nitrogens is 1. The van der Waals surface area contributed by atoms with E-state index in [0.717, 1.165) is 16.5 Å². The Labute approximate surface area is 136 Å². The quantitative estimate of drug-likeness (QED) is 0.362. The van der Waals surface area contributed by atoms with Crippen LogP contribution in [-0.4, -0.2) is 22.2 Å². The molecular formula is C15H11Cl2NO4. The molecule has 0 saturated heterocycles. The monoisotopic (exact) mass is 339 g/mol. The van der Waals surface area contributed by atoms with Crippen LogP contribution in [0.2, 0.25) is 5.02 Å². The van der Waals surface area contributed by atoms with Gasteiger partial charge in [-0.05, 0) is 48.2 Å². The van der Waals surface area contributed by atoms with E-state index in [4.69, 9.17) is 23.2 Å². The summed E-state index contributed by atoms with van der Waals surface area (Å²) in [7, 11) is 0. The van der Waals surface area contributed by atoms with Gasteiger partial charge in [-0.2, -0.15) is 0 Å². The summed E-state index contributed by atoms with van der Waals surface area (Å²) < 4.78 is 4.26. The lowest BCUT2D eigenvalue weighted by molar-refractivity contribution is -0.162. The van der Waals surface area contributed by atoms with Crippen molar-refractivity contribution in [3.05, 3.63) is 41.0 Å². The van der Waals surface area contributed by atoms with E-state index in [-0.39, 0.29) is 6.42 Å². The normalized spacial score (nSPS) is 10.5. The number of hydrogen-bond donors (Lipinski definition) is 0. The van der Waals surface area contributed by atoms with Gasteiger partial charge in [-0.1, -0.05) is 17.7 Å². The number of esters is 2. The fourth-order valence-electron chi connectivity index (χ4n) is 2.02. The predicted molar refractivity (Wildman–Crippen MR) is 81.7 cm³/mol. The van der Waals surface area contributed by atoms with Gasteiger partial charge >= 0.3 is 17.2 Å². The highest BCUT2D eigenvalue weighted by Crippen LogP contribution is 2.22. The number of benzene rings is 1. The average Bonchev–Trinajstić information content (AvgIpc) is 2.46. The SMILES string of the molecule is O=C(CCCc1ccnc2cc(Cl)ccc12)OC(=O)C(=O)Cl. The summed E-state index contributed by atoms with van der Waals surface area (Å²) in [5.74, 6) is -2.13. The summed E-state index contributed by atoms with van der Waals surface area (Å²) in [6, 6.07) is 7.26. The van der Waals surface area contributed by atoms with Crippen molar-refractivity contribution < 1.29 is 19.1 Å². The maximum absolute atomic E-state index is 11.4. The highest BCUT2D eigenvalue weighted by molar-refractivity contribution is 6.80. The van der Waals surface area contributed by atoms with E-state index >= 15 is 0 Å². The van der Waals surface area contributed by atoms with E-state index in [2.05, 4.69) is 9.72 Å². The Bertz CT molecular complexity index is 745. The molecule has 0 unspecified atom stereocenters. The van der Waals surface area contributed by atoms with E-state index in [1.165, 1.54) is 0 Å². The van der Waals surface area contributed by atoms with Gasteiger partial charge in [0, 0.05) is 23.0 Å². The lowest BCUT2D eigenvalue weighted by Gasteiger charge is -2.06. The maximum atomic E-state index is 11.4. The van der Waals surface area contributed by atoms with Crippen LogP contribution in [0.15, 0.2) is 30.5 Å². The van der Waals surface area contributed by atoms with Gasteiger partial charge in [0.1, 0.15) is 0 Å². The second-order valence-electron chi connectivity index (χ2n) is 4.52. The van der Waals surface area contributed by atoms with E-state index in [1.54, 1.807) is 18.3 Å². The first-order chi connectivity index (χ1) is 10.5. The predicted octanol–water partition coefficient (Wildman–Crippen LogP) is 3.05. The van der Waals surface area contributed by atoms with Gasteiger partial charge < -0.3 is 4.74 Å². The van der Waals surface area contributed by atoms with Crippen LogP contribution in [0.5, 0.6) is 0 Å². The van der Waals surface area contributed by atoms with Crippen LogP contribution in [0.3, 0.4) is 0 Å². The molecule has 1 aromatic heterocycles. The minimum absolute atomic E-state index is 0.00726. The minimum atomic E-state index is -1.35. The Morgan fingerprint density at radius 1 is 1.18 bits per heavy atom. The Morgan fingerprint density at radius 3 is 2.68 bits per heavy atom. The molecule has 0 bridgehead atoms. The van der Waals surface area contributed by atoms with Crippen molar-refractivity contribution >= 4 is 51.3 Å². The molecule has 0 saturated carbocycles. The molecule has 1 heterocycles. The number of carbonyl (C=O) groups is 3. The summed E-state index contributed by atoms with van der Waals surface area (Å²) in [6.45, 7) is 0. The summed E-state index contributed by atoms with van der Waals surface area (Å²) in [5, 5.41) is 0.239. The first kappa shape index (κ1) is 16.4. The topological polar surface area (TPSA) is 73.3 Å². The molecule has 0 aliphatic carbocycles. The molecule has 0 aliphatic rings. The molecule has 0 radical (unpaired) electrons. The number of hydrogen-bond acceptors (Lipinski definition) is 5. The molecule has 0 aliphatic heterocycles. The molecular weight excluding hydrogens is 329 g/mol. The van der Waals surface area contributed by atoms with Crippen molar-refractivity contribution in [2.75, 3.05) is 0 Å². The summed E-state index contributed by atoms with van der Waals surface area (Å²) in [4.78, 5) is 36.9. The number of rotatable bonds is 5. The number of ether oxygens (including phenoxy) is 1. The van der Waals surface area contributed by atoms with Crippen molar-refractivity contribution in [3.8, 4) is 0 Å². The summed E-state index contributed by atoms with van der Waals surface area (Å²) in [5.41, 5.74) is 1.78. The zero-order valence-electron chi connectivity index (χ0n) is 11.3. The minimum Gasteiger partial charge on any atom is -0.386 e. The van der Waals surface area contributed by atoms with Crippen LogP contribution in [-0.2, 0) is 25.5 Å². The third-order valence-electron chi connectivity index (χ3n) is 2.99. The van der Waals surface area contributed by atoms with Crippen LogP contribution in [0.4, 0.5) is 0 Å². The molecule has 0 spiro atoms. The molecule has 7 heteroatoms. The number of carbonyl (C=O) groups excluding carboxylic acids is 3. The summed E-state index contributed by atoms with van der Waals surface area (Å²) in [6.07, 6.45) is 2.73. The van der Waals surface area contributed by atoms with Crippen molar-refractivity contribution in [2.24, 2.45) is 0 Å². The molecule has 0 N–H and O–H groups in total. The van der Waals surface area contributed by atoms with Crippen LogP contribution >= 0.6 is 23.2 Å². The van der Waals surface area contributed by atoms with E-state index in [1.807, 2.05) is 12.1 Å². The van der Waals surface area contributed by atoms with Crippen molar-refractivity contribution in [2.45, 2.75) is 19.3 Å². The molecule has 114 valence electrons. The highest BCUT2D eigenvalue weighted by Gasteiger charge is 2.16. The fourth-order valence-corrected chi connectivity index (χ4v) is 2.22. The van der Waals surface area contributed by atoms with Crippen LogP contribution in [0.25, 0.3) is 10.9 Å². The van der Waals surface area contributed by atoms with Gasteiger partial charge in [0.2, 0.25) is 0 Å². The molecule has 2 aromatic rings. The fraction of sp³-hybridized carbons (Fsp3) is 0.200. The molecule has 22 heavy (non-hydrogen) atoms. The van der Waals surface area contributed by atoms with Gasteiger partial charge in [0.25, 0.3) is 0 Å². The van der Waals surface area contributed by atoms with E-state index < -0.39 is 17.2 Å². The van der Waals surface area contributed by atoms with Gasteiger partial charge in [0.15, 0.2) is 0 Å². The third-order valence-corrected chi connectivity index (χ3v) is 3.38. The van der Waals surface area contributed by atoms with Crippen molar-refractivity contribution in [3.63, 3.8) is 0 Å². The number of halogens is 2. The van der Waals surface area contributed by atoms with Gasteiger partial charge in [-0.25, -0.2) is 4.79 Å². The second-order valence-corrected chi connectivity index (χ2v) is 5.30. The maximum Gasteiger partial charge on any atom is 0.399 e. The first-order valence-corrected chi connectivity index (χ1v) is 7.20. The largest absolute Gasteiger partial charge is 0.399 e. The van der Waals surface area contributed by atoms with Gasteiger partial charge in [0.05, 0.1) is 5.52 Å². The molecule has 0 amide bonds. The van der Waals surface area contributed by atoms with Gasteiger partial charge in [-0.15, -0.1) is 0 Å². The first-order valence-electron chi connectivity index (χ1n) is 6.45. The number of aryl methyl sites for hydroxylation is 1. The lowest BCUT2D eigenvalue weighted by Crippen LogP contribution is -2.17. The Morgan fingerprint density at radius 2 is 1.95 bits per heavy atom. The molecule has 0 atom stereocenters. The molecule has 0 fully saturated rings. The lowest BCUT2D eigenvalue weighted by atomic mass is 10.0. The van der Waals surface area contributed by atoms with Crippen LogP contribution in [0.1, 0.15) is 18.4 Å². The smallest absolute Gasteiger partial charge is 0.386 e. The van der Waals surface area contributed by atoms with E-state index in [9.17, 15) is 14.4 Å². The average molecular weight is 340 g/mol. The Hall–Kier alpha value is -1.98. The summed E-state index contributed by atoms with van der Waals surface area (Å²) >= 11 is 10.8. The Kier molecular flexibility index (Phi) is 5.46. The zero-order valence-corrected chi connectivity index (χ0v) is 12.9. The third kappa shape index (κ3) is 4.26. The number of nitrogens with zero attached hydrogens (tertiary/aromatic N) is 1. The van der Waals surface area contributed by atoms with E-state index in [0.29, 0.717) is 17.9 Å². The molecule has 1 aromatic carbocycles. The van der Waals surface area contributed by atoms with Crippen molar-refractivity contribution in [1.29, 1.82) is 0 Å². The van der Waals surface area contributed by atoms with Crippen LogP contribution in [0, 0.1) is 0 Å². The highest BCUT2D eigenvalue weighted by atomic mass is 35.5. The zero-order chi connectivity index (χ0) is 16.1. The number of pyridine rings is 1. The molecule has 2 rings (SSSR count). The molecule has 5 nitrogen and oxygen atoms in total. The van der Waals surface area contributed by atoms with Crippen molar-refractivity contribution in [1.82, 2.24) is 4.98 Å². The number of fused-ring (bicyclic) bond motifs is 1. The van der Waals surface area contributed by atoms with Crippen LogP contribution < -0.4 is 0 Å². The Balaban J connectivity index is 1.96. The van der Waals surface area contributed by atoms with Gasteiger partial charge in [-0.3, -0.25) is 14.6 Å². The standard InChI is InChI=1S/C15H11Cl2NO4/c16-10-4-5-11-9(6-7-18-12(11)8-10)2-1-3-13(19)22-15(21)14(17)20/h4-8H,1-3H2.